The first-order valence-corrected chi connectivity index (χ1v) is 8.33. The van der Waals surface area contributed by atoms with E-state index in [9.17, 15) is 9.18 Å². The Kier molecular flexibility index (Phi) is 5.51. The van der Waals surface area contributed by atoms with Crippen molar-refractivity contribution in [1.82, 2.24) is 0 Å². The van der Waals surface area contributed by atoms with Crippen LogP contribution in [0.2, 0.25) is 0 Å². The Bertz CT molecular complexity index is 692. The summed E-state index contributed by atoms with van der Waals surface area (Å²) in [7, 11) is 0. The summed E-state index contributed by atoms with van der Waals surface area (Å²) >= 11 is 7.91. The number of hydrogen-bond acceptors (Lipinski definition) is 3. The molecular weight excluding hydrogens is 423 g/mol. The van der Waals surface area contributed by atoms with Crippen molar-refractivity contribution >= 4 is 54.8 Å². The van der Waals surface area contributed by atoms with Gasteiger partial charge in [0, 0.05) is 11.0 Å². The summed E-state index contributed by atoms with van der Waals surface area (Å²) in [5.74, 6) is -0.815. The van der Waals surface area contributed by atoms with Gasteiger partial charge in [-0.25, -0.2) is 4.39 Å². The largest absolute Gasteiger partial charge is 0.304 e. The summed E-state index contributed by atoms with van der Waals surface area (Å²) in [5.41, 5.74) is 0.179. The highest BCUT2D eigenvalue weighted by atomic mass is 79.9. The van der Waals surface area contributed by atoms with Crippen molar-refractivity contribution < 1.29 is 9.18 Å². The monoisotopic (exact) mass is 430 g/mol. The van der Waals surface area contributed by atoms with Crippen LogP contribution in [0.4, 0.5) is 10.1 Å². The molecule has 0 bridgehead atoms. The number of nitriles is 1. The molecule has 0 aliphatic rings. The predicted molar refractivity (Wildman–Crippen MR) is 88.0 cm³/mol. The molecular formula is C14H9Br2FN2OS. The molecule has 2 aromatic rings. The fourth-order valence-electron chi connectivity index (χ4n) is 1.75. The van der Waals surface area contributed by atoms with Gasteiger partial charge in [-0.3, -0.25) is 4.79 Å². The quantitative estimate of drug-likeness (QED) is 0.685. The molecule has 0 saturated carbocycles. The molecule has 108 valence electrons. The molecule has 1 aromatic carbocycles. The van der Waals surface area contributed by atoms with Crippen molar-refractivity contribution in [2.45, 2.75) is 6.42 Å². The van der Waals surface area contributed by atoms with E-state index >= 15 is 0 Å². The number of benzene rings is 1. The Morgan fingerprint density at radius 1 is 1.38 bits per heavy atom. The van der Waals surface area contributed by atoms with Gasteiger partial charge >= 0.3 is 0 Å². The summed E-state index contributed by atoms with van der Waals surface area (Å²) < 4.78 is 15.5. The molecule has 0 unspecified atom stereocenters. The lowest BCUT2D eigenvalue weighted by atomic mass is 10.2. The summed E-state index contributed by atoms with van der Waals surface area (Å²) in [4.78, 5) is 14.3. The van der Waals surface area contributed by atoms with Gasteiger partial charge in [-0.15, -0.1) is 11.3 Å². The van der Waals surface area contributed by atoms with Crippen LogP contribution in [0.15, 0.2) is 38.6 Å². The molecule has 0 atom stereocenters. The normalized spacial score (nSPS) is 10.2. The first kappa shape index (κ1) is 16.1. The summed E-state index contributed by atoms with van der Waals surface area (Å²) in [6.07, 6.45) is 0.133. The lowest BCUT2D eigenvalue weighted by molar-refractivity contribution is 0.0990. The fraction of sp³-hybridized carbons (Fsp3) is 0.143. The van der Waals surface area contributed by atoms with Gasteiger partial charge in [0.05, 0.1) is 26.8 Å². The van der Waals surface area contributed by atoms with Gasteiger partial charge in [-0.1, -0.05) is 12.1 Å². The van der Waals surface area contributed by atoms with Gasteiger partial charge in [-0.05, 0) is 50.1 Å². The van der Waals surface area contributed by atoms with E-state index < -0.39 is 5.82 Å². The van der Waals surface area contributed by atoms with Crippen LogP contribution in [0, 0.1) is 17.1 Å². The first-order chi connectivity index (χ1) is 10.0. The van der Waals surface area contributed by atoms with E-state index in [1.807, 2.05) is 6.07 Å². The Hall–Kier alpha value is -1.23. The molecule has 1 heterocycles. The van der Waals surface area contributed by atoms with Gasteiger partial charge in [-0.2, -0.15) is 5.26 Å². The van der Waals surface area contributed by atoms with Crippen molar-refractivity contribution in [1.29, 1.82) is 5.26 Å². The summed E-state index contributed by atoms with van der Waals surface area (Å²) in [6, 6.07) is 9.70. The molecule has 0 saturated heterocycles. The minimum Gasteiger partial charge on any atom is -0.304 e. The topological polar surface area (TPSA) is 44.1 Å². The maximum atomic E-state index is 13.9. The number of amides is 1. The average Bonchev–Trinajstić information content (AvgIpc) is 2.80. The van der Waals surface area contributed by atoms with Crippen LogP contribution in [0.5, 0.6) is 0 Å². The minimum absolute atomic E-state index is 0.133. The lowest BCUT2D eigenvalue weighted by Crippen LogP contribution is -2.32. The molecule has 0 radical (unpaired) electrons. The van der Waals surface area contributed by atoms with Crippen molar-refractivity contribution in [3.8, 4) is 6.07 Å². The van der Waals surface area contributed by atoms with E-state index in [2.05, 4.69) is 31.9 Å². The number of thiophene rings is 1. The number of para-hydroxylation sites is 1. The standard InChI is InChI=1S/C14H9Br2FN2OS/c15-9-8-12(21-13(9)16)14(20)19(7-3-6-18)11-5-2-1-4-10(11)17/h1-2,4-5,8H,3,7H2. The van der Waals surface area contributed by atoms with Gasteiger partial charge in [0.2, 0.25) is 0 Å². The van der Waals surface area contributed by atoms with Crippen molar-refractivity contribution in [2.75, 3.05) is 11.4 Å². The van der Waals surface area contributed by atoms with Crippen LogP contribution < -0.4 is 4.90 Å². The van der Waals surface area contributed by atoms with Crippen LogP contribution in [0.1, 0.15) is 16.1 Å². The molecule has 0 N–H and O–H groups in total. The first-order valence-electron chi connectivity index (χ1n) is 5.92. The van der Waals surface area contributed by atoms with Crippen LogP contribution in [-0.2, 0) is 0 Å². The maximum absolute atomic E-state index is 13.9. The van der Waals surface area contributed by atoms with Crippen molar-refractivity contribution in [3.63, 3.8) is 0 Å². The average molecular weight is 432 g/mol. The second-order valence-electron chi connectivity index (χ2n) is 4.05. The van der Waals surface area contributed by atoms with Crippen LogP contribution in [0.25, 0.3) is 0 Å². The van der Waals surface area contributed by atoms with E-state index in [4.69, 9.17) is 5.26 Å². The predicted octanol–water partition coefficient (Wildman–Crippen LogP) is 4.97. The van der Waals surface area contributed by atoms with Crippen molar-refractivity contribution in [2.24, 2.45) is 0 Å². The molecule has 1 aromatic heterocycles. The zero-order chi connectivity index (χ0) is 15.4. The highest BCUT2D eigenvalue weighted by molar-refractivity contribution is 9.13. The van der Waals surface area contributed by atoms with E-state index in [1.165, 1.54) is 28.4 Å². The molecule has 3 nitrogen and oxygen atoms in total. The highest BCUT2D eigenvalue weighted by Gasteiger charge is 2.22. The molecule has 1 amide bonds. The van der Waals surface area contributed by atoms with Gasteiger partial charge in [0.25, 0.3) is 5.91 Å². The molecule has 21 heavy (non-hydrogen) atoms. The molecule has 0 fully saturated rings. The van der Waals surface area contributed by atoms with E-state index in [0.717, 1.165) is 8.26 Å². The van der Waals surface area contributed by atoms with E-state index in [0.29, 0.717) is 4.88 Å². The molecule has 7 heteroatoms. The third-order valence-corrected chi connectivity index (χ3v) is 5.94. The Morgan fingerprint density at radius 2 is 2.10 bits per heavy atom. The number of carbonyl (C=O) groups is 1. The second-order valence-corrected chi connectivity index (χ2v) is 7.27. The zero-order valence-corrected chi connectivity index (χ0v) is 14.6. The third kappa shape index (κ3) is 3.70. The smallest absolute Gasteiger partial charge is 0.268 e. The van der Waals surface area contributed by atoms with Gasteiger partial charge < -0.3 is 4.90 Å². The number of anilines is 1. The SMILES string of the molecule is N#CCCN(C(=O)c1cc(Br)c(Br)s1)c1ccccc1F. The number of nitrogens with zero attached hydrogens (tertiary/aromatic N) is 2. The van der Waals surface area contributed by atoms with Crippen LogP contribution >= 0.6 is 43.2 Å². The minimum atomic E-state index is -0.488. The van der Waals surface area contributed by atoms with Gasteiger partial charge in [0.15, 0.2) is 0 Å². The van der Waals surface area contributed by atoms with Crippen LogP contribution in [-0.4, -0.2) is 12.5 Å². The Labute approximate surface area is 142 Å². The zero-order valence-electron chi connectivity index (χ0n) is 10.6. The fourth-order valence-corrected chi connectivity index (χ4v) is 3.73. The number of halogens is 3. The van der Waals surface area contributed by atoms with Crippen LogP contribution in [0.3, 0.4) is 0 Å². The number of carbonyl (C=O) groups excluding carboxylic acids is 1. The molecule has 2 rings (SSSR count). The maximum Gasteiger partial charge on any atom is 0.268 e. The lowest BCUT2D eigenvalue weighted by Gasteiger charge is -2.21. The number of hydrogen-bond donors (Lipinski definition) is 0. The highest BCUT2D eigenvalue weighted by Crippen LogP contribution is 2.34. The van der Waals surface area contributed by atoms with E-state index in [1.54, 1.807) is 18.2 Å². The summed E-state index contributed by atoms with van der Waals surface area (Å²) in [6.45, 7) is 0.142. The third-order valence-electron chi connectivity index (χ3n) is 2.69. The molecule has 0 aliphatic carbocycles. The molecule has 0 aliphatic heterocycles. The Morgan fingerprint density at radius 3 is 2.67 bits per heavy atom. The van der Waals surface area contributed by atoms with E-state index in [-0.39, 0.29) is 24.6 Å². The van der Waals surface area contributed by atoms with Gasteiger partial charge in [0.1, 0.15) is 5.82 Å². The summed E-state index contributed by atoms with van der Waals surface area (Å²) in [5, 5.41) is 8.74. The second kappa shape index (κ2) is 7.16. The molecule has 0 spiro atoms. The number of rotatable bonds is 4. The Balaban J connectivity index is 2.38. The van der Waals surface area contributed by atoms with Crippen molar-refractivity contribution in [3.05, 3.63) is 49.3 Å².